The number of carbonyl (C=O) groups is 1. The number of carboxylic acid groups (broad SMARTS) is 1. The van der Waals surface area contributed by atoms with Crippen molar-refractivity contribution < 1.29 is 74.1 Å². The Bertz CT molecular complexity index is 1670. The number of aliphatic hydroxyl groups is 7. The average Bonchev–Trinajstić information content (AvgIpc) is 3.18. The van der Waals surface area contributed by atoms with Crippen molar-refractivity contribution in [2.24, 2.45) is 50.2 Å². The molecular weight excluding hydrogens is 792 g/mol. The molecule has 4 saturated carbocycles. The molecule has 0 aromatic heterocycles. The van der Waals surface area contributed by atoms with Gasteiger partial charge in [-0.1, -0.05) is 60.1 Å². The number of ether oxygens (including phenoxy) is 6. The molecule has 3 heterocycles. The van der Waals surface area contributed by atoms with Gasteiger partial charge in [0, 0.05) is 0 Å². The monoisotopic (exact) mass is 867 g/mol. The quantitative estimate of drug-likeness (QED) is 0.136. The highest BCUT2D eigenvalue weighted by Crippen LogP contribution is 2.76. The molecule has 5 aliphatic carbocycles. The summed E-state index contributed by atoms with van der Waals surface area (Å²) in [5.74, 6) is 0.0702. The van der Waals surface area contributed by atoms with Crippen LogP contribution in [-0.2, 0) is 33.2 Å². The van der Waals surface area contributed by atoms with Gasteiger partial charge in [-0.3, -0.25) is 4.79 Å². The molecular formula is C46H74O15. The Morgan fingerprint density at radius 2 is 1.31 bits per heavy atom. The van der Waals surface area contributed by atoms with Gasteiger partial charge in [0.15, 0.2) is 18.9 Å². The van der Waals surface area contributed by atoms with Gasteiger partial charge in [-0.15, -0.1) is 0 Å². The van der Waals surface area contributed by atoms with Crippen molar-refractivity contribution in [3.63, 3.8) is 0 Å². The van der Waals surface area contributed by atoms with Crippen molar-refractivity contribution in [2.45, 2.75) is 206 Å². The SMILES string of the molecule is C[C@@H]1O[C@@H](O[C@H]2[C@H](O[C@H]3CC[C@]4(C)[C@H]5CC=C6[C@@H]7CC(C)(C)CC[C@]7(C(=O)O)CC[C@@]6(C)[C@]5(C)CC[C@H]4C3(C)C)OC[C@@H](O)[C@@H]2O)[C@H](O)[C@H](O[C@@H]2OC[C@@H](O)[C@H](O)[C@H]2O)[C@H]1O. The van der Waals surface area contributed by atoms with Crippen molar-refractivity contribution in [1.82, 2.24) is 0 Å². The van der Waals surface area contributed by atoms with E-state index < -0.39 is 91.3 Å². The van der Waals surface area contributed by atoms with Crippen molar-refractivity contribution in [3.05, 3.63) is 11.6 Å². The molecule has 3 aliphatic heterocycles. The molecule has 15 heteroatoms. The van der Waals surface area contributed by atoms with Gasteiger partial charge in [0.25, 0.3) is 0 Å². The molecule has 61 heavy (non-hydrogen) atoms. The second-order valence-corrected chi connectivity index (χ2v) is 22.6. The van der Waals surface area contributed by atoms with Gasteiger partial charge in [0.05, 0.1) is 30.8 Å². The second kappa shape index (κ2) is 15.9. The fraction of sp³-hybridized carbons (Fsp3) is 0.935. The van der Waals surface area contributed by atoms with E-state index in [9.17, 15) is 45.6 Å². The van der Waals surface area contributed by atoms with Crippen molar-refractivity contribution in [1.29, 1.82) is 0 Å². The van der Waals surface area contributed by atoms with Crippen LogP contribution in [0.1, 0.15) is 120 Å². The van der Waals surface area contributed by atoms with Gasteiger partial charge in [-0.25, -0.2) is 0 Å². The van der Waals surface area contributed by atoms with E-state index in [1.54, 1.807) is 0 Å². The molecule has 0 unspecified atom stereocenters. The zero-order chi connectivity index (χ0) is 44.4. The first-order valence-corrected chi connectivity index (χ1v) is 23.0. The molecule has 3 saturated heterocycles. The van der Waals surface area contributed by atoms with Crippen LogP contribution < -0.4 is 0 Å². The highest BCUT2D eigenvalue weighted by atomic mass is 16.8. The van der Waals surface area contributed by atoms with Crippen molar-refractivity contribution in [3.8, 4) is 0 Å². The lowest BCUT2D eigenvalue weighted by Crippen LogP contribution is -2.66. The third-order valence-corrected chi connectivity index (χ3v) is 18.5. The van der Waals surface area contributed by atoms with Crippen LogP contribution in [0.4, 0.5) is 0 Å². The number of fused-ring (bicyclic) bond motifs is 7. The van der Waals surface area contributed by atoms with Gasteiger partial charge >= 0.3 is 5.97 Å². The van der Waals surface area contributed by atoms with E-state index in [1.165, 1.54) is 12.5 Å². The van der Waals surface area contributed by atoms with Crippen LogP contribution in [0.3, 0.4) is 0 Å². The molecule has 0 bridgehead atoms. The first kappa shape index (κ1) is 46.2. The number of hydrogen-bond donors (Lipinski definition) is 8. The Kier molecular flexibility index (Phi) is 12.1. The van der Waals surface area contributed by atoms with E-state index in [0.717, 1.165) is 57.8 Å². The molecule has 15 nitrogen and oxygen atoms in total. The van der Waals surface area contributed by atoms with Crippen LogP contribution in [0.5, 0.6) is 0 Å². The molecule has 8 N–H and O–H groups in total. The summed E-state index contributed by atoms with van der Waals surface area (Å²) in [5, 5.41) is 85.9. The Hall–Kier alpha value is -1.31. The molecule has 8 rings (SSSR count). The molecule has 0 aromatic carbocycles. The molecule has 8 aliphatic rings. The van der Waals surface area contributed by atoms with Gasteiger partial charge in [0.2, 0.25) is 0 Å². The summed E-state index contributed by atoms with van der Waals surface area (Å²) in [4.78, 5) is 13.1. The first-order valence-electron chi connectivity index (χ1n) is 23.0. The van der Waals surface area contributed by atoms with Gasteiger partial charge in [-0.2, -0.15) is 0 Å². The number of aliphatic carboxylic acids is 1. The lowest BCUT2D eigenvalue weighted by Gasteiger charge is -2.71. The summed E-state index contributed by atoms with van der Waals surface area (Å²) in [6.07, 6.45) is -7.57. The molecule has 0 radical (unpaired) electrons. The van der Waals surface area contributed by atoms with E-state index in [2.05, 4.69) is 54.5 Å². The Morgan fingerprint density at radius 3 is 2.00 bits per heavy atom. The summed E-state index contributed by atoms with van der Waals surface area (Å²) in [7, 11) is 0. The fourth-order valence-electron chi connectivity index (χ4n) is 14.5. The van der Waals surface area contributed by atoms with Crippen LogP contribution in [0.25, 0.3) is 0 Å². The fourth-order valence-corrected chi connectivity index (χ4v) is 14.5. The van der Waals surface area contributed by atoms with Gasteiger partial charge in [0.1, 0.15) is 54.9 Å². The highest BCUT2D eigenvalue weighted by molar-refractivity contribution is 5.76. The maximum absolute atomic E-state index is 13.1. The maximum atomic E-state index is 13.1. The molecule has 348 valence electrons. The normalized spacial score (nSPS) is 54.3. The Labute approximate surface area is 360 Å². The average molecular weight is 867 g/mol. The molecule has 0 aromatic rings. The number of allylic oxidation sites excluding steroid dienone is 2. The molecule has 0 amide bonds. The minimum Gasteiger partial charge on any atom is -0.481 e. The van der Waals surface area contributed by atoms with E-state index >= 15 is 0 Å². The van der Waals surface area contributed by atoms with Crippen LogP contribution in [0.2, 0.25) is 0 Å². The first-order chi connectivity index (χ1) is 28.4. The van der Waals surface area contributed by atoms with Crippen LogP contribution >= 0.6 is 0 Å². The predicted molar refractivity (Wildman–Crippen MR) is 217 cm³/mol. The topological polar surface area (TPSA) is 234 Å². The Balaban J connectivity index is 1.00. The lowest BCUT2D eigenvalue weighted by atomic mass is 9.33. The zero-order valence-corrected chi connectivity index (χ0v) is 37.3. The largest absolute Gasteiger partial charge is 0.481 e. The van der Waals surface area contributed by atoms with Crippen LogP contribution in [0, 0.1) is 50.2 Å². The predicted octanol–water partition coefficient (Wildman–Crippen LogP) is 3.01. The smallest absolute Gasteiger partial charge is 0.310 e. The minimum absolute atomic E-state index is 0.0145. The van der Waals surface area contributed by atoms with Crippen molar-refractivity contribution >= 4 is 5.97 Å². The minimum atomic E-state index is -1.69. The number of hydrogen-bond acceptors (Lipinski definition) is 14. The summed E-state index contributed by atoms with van der Waals surface area (Å²) in [5.41, 5.74) is 0.298. The van der Waals surface area contributed by atoms with E-state index in [1.807, 2.05) is 0 Å². The number of carboxylic acids is 1. The van der Waals surface area contributed by atoms with Gasteiger partial charge < -0.3 is 69.3 Å². The van der Waals surface area contributed by atoms with Crippen molar-refractivity contribution in [2.75, 3.05) is 13.2 Å². The van der Waals surface area contributed by atoms with E-state index in [-0.39, 0.29) is 58.2 Å². The van der Waals surface area contributed by atoms with E-state index in [0.29, 0.717) is 12.3 Å². The zero-order valence-electron chi connectivity index (χ0n) is 37.3. The third-order valence-electron chi connectivity index (χ3n) is 18.5. The van der Waals surface area contributed by atoms with Gasteiger partial charge in [-0.05, 0) is 116 Å². The molecule has 0 spiro atoms. The summed E-state index contributed by atoms with van der Waals surface area (Å²) in [6, 6.07) is 0. The lowest BCUT2D eigenvalue weighted by molar-refractivity contribution is -0.378. The molecule has 21 atom stereocenters. The number of aliphatic hydroxyl groups excluding tert-OH is 7. The second-order valence-electron chi connectivity index (χ2n) is 22.6. The summed E-state index contributed by atoms with van der Waals surface area (Å²) < 4.78 is 36.2. The Morgan fingerprint density at radius 1 is 0.672 bits per heavy atom. The standard InChI is InChI=1S/C46H74O15/c1-22-30(49)35(60-37-33(52)31(50)25(47)20-56-37)34(53)38(58-22)61-36-32(51)26(48)21-57-39(36)59-29-12-13-43(6)27(42(29,4)5)11-14-45(8)28(43)10-9-23-24-19-41(2,3)15-17-46(24,40(54)55)18-16-44(23,45)7/h9,22,24-39,47-53H,10-21H2,1-8H3,(H,54,55)/t22-,24-,25+,26+,27-,28+,29-,30-,31-,32-,33+,34+,35+,36+,37-,38-,39-,43-,44+,45+,46-/m0/s1. The third kappa shape index (κ3) is 7.21. The highest BCUT2D eigenvalue weighted by Gasteiger charge is 2.69. The maximum Gasteiger partial charge on any atom is 0.310 e. The molecule has 7 fully saturated rings. The number of rotatable bonds is 7. The summed E-state index contributed by atoms with van der Waals surface area (Å²) in [6.45, 7) is 17.5. The van der Waals surface area contributed by atoms with E-state index in [4.69, 9.17) is 28.4 Å². The van der Waals surface area contributed by atoms with Crippen LogP contribution in [0.15, 0.2) is 11.6 Å². The van der Waals surface area contributed by atoms with Crippen LogP contribution in [-0.4, -0.2) is 146 Å². The summed E-state index contributed by atoms with van der Waals surface area (Å²) >= 11 is 0.